The smallest absolute Gasteiger partial charge is 0.0776 e. The molecule has 0 bridgehead atoms. The van der Waals surface area contributed by atoms with Crippen molar-refractivity contribution in [2.45, 2.75) is 51.7 Å². The molecule has 0 rings (SSSR count). The van der Waals surface area contributed by atoms with E-state index < -0.39 is 12.2 Å². The summed E-state index contributed by atoms with van der Waals surface area (Å²) in [5, 5.41) is 19.1. The van der Waals surface area contributed by atoms with Gasteiger partial charge in [0.05, 0.1) is 25.4 Å². The summed E-state index contributed by atoms with van der Waals surface area (Å²) in [4.78, 5) is 0. The summed E-state index contributed by atoms with van der Waals surface area (Å²) in [6.07, 6.45) is 2.00. The molecule has 0 saturated carbocycles. The third-order valence-electron chi connectivity index (χ3n) is 2.43. The first-order valence-corrected chi connectivity index (χ1v) is 6.14. The predicted octanol–water partition coefficient (Wildman–Crippen LogP) is 2.44. The summed E-state index contributed by atoms with van der Waals surface area (Å²) in [7, 11) is 0. The lowest BCUT2D eigenvalue weighted by atomic mass is 10.1. The molecule has 0 aliphatic heterocycles. The minimum absolute atomic E-state index is 0.275. The first-order chi connectivity index (χ1) is 7.91. The average molecular weight is 242 g/mol. The Hall–Kier alpha value is -0.640. The molecule has 0 fully saturated rings. The van der Waals surface area contributed by atoms with Crippen LogP contribution in [0.5, 0.6) is 0 Å². The van der Waals surface area contributed by atoms with E-state index in [4.69, 9.17) is 4.74 Å². The van der Waals surface area contributed by atoms with Crippen LogP contribution in [0.2, 0.25) is 0 Å². The second kappa shape index (κ2) is 9.40. The Morgan fingerprint density at radius 1 is 0.941 bits per heavy atom. The quantitative estimate of drug-likeness (QED) is 0.578. The molecular formula is C14H26O3. The first kappa shape index (κ1) is 16.4. The van der Waals surface area contributed by atoms with Crippen molar-refractivity contribution in [3.63, 3.8) is 0 Å². The van der Waals surface area contributed by atoms with Gasteiger partial charge in [0.15, 0.2) is 0 Å². The number of hydrogen-bond acceptors (Lipinski definition) is 3. The van der Waals surface area contributed by atoms with Crippen LogP contribution < -0.4 is 0 Å². The standard InChI is InChI=1S/C14H26O3/c1-11(2)5-7-13(15)9-17-10-14(16)8-6-12(3)4/h13-16H,1,3,5-10H2,2,4H3. The molecule has 0 saturated heterocycles. The number of aliphatic hydroxyl groups is 2. The zero-order valence-electron chi connectivity index (χ0n) is 11.1. The van der Waals surface area contributed by atoms with Crippen LogP contribution >= 0.6 is 0 Å². The van der Waals surface area contributed by atoms with Gasteiger partial charge in [0.1, 0.15) is 0 Å². The lowest BCUT2D eigenvalue weighted by Crippen LogP contribution is -2.21. The second-order valence-corrected chi connectivity index (χ2v) is 4.84. The zero-order valence-corrected chi connectivity index (χ0v) is 11.1. The molecule has 0 spiro atoms. The van der Waals surface area contributed by atoms with Crippen molar-refractivity contribution in [2.24, 2.45) is 0 Å². The van der Waals surface area contributed by atoms with E-state index in [1.165, 1.54) is 0 Å². The molecule has 3 nitrogen and oxygen atoms in total. The molecule has 0 aliphatic rings. The van der Waals surface area contributed by atoms with Gasteiger partial charge in [-0.2, -0.15) is 0 Å². The topological polar surface area (TPSA) is 49.7 Å². The Bertz CT molecular complexity index is 212. The number of aliphatic hydroxyl groups excluding tert-OH is 2. The molecule has 3 heteroatoms. The van der Waals surface area contributed by atoms with Gasteiger partial charge in [-0.25, -0.2) is 0 Å². The highest BCUT2D eigenvalue weighted by Gasteiger charge is 2.08. The van der Waals surface area contributed by atoms with E-state index in [1.807, 2.05) is 13.8 Å². The number of ether oxygens (including phenoxy) is 1. The third kappa shape index (κ3) is 11.6. The van der Waals surface area contributed by atoms with Crippen molar-refractivity contribution >= 4 is 0 Å². The van der Waals surface area contributed by atoms with E-state index in [9.17, 15) is 10.2 Å². The van der Waals surface area contributed by atoms with Gasteiger partial charge in [-0.3, -0.25) is 0 Å². The molecule has 2 atom stereocenters. The highest BCUT2D eigenvalue weighted by molar-refractivity contribution is 4.88. The van der Waals surface area contributed by atoms with E-state index in [0.717, 1.165) is 24.0 Å². The normalized spacial score (nSPS) is 14.4. The summed E-state index contributed by atoms with van der Waals surface area (Å²) in [5.41, 5.74) is 2.12. The first-order valence-electron chi connectivity index (χ1n) is 6.14. The third-order valence-corrected chi connectivity index (χ3v) is 2.43. The highest BCUT2D eigenvalue weighted by atomic mass is 16.5. The fourth-order valence-electron chi connectivity index (χ4n) is 1.33. The van der Waals surface area contributed by atoms with E-state index in [2.05, 4.69) is 13.2 Å². The maximum atomic E-state index is 9.57. The van der Waals surface area contributed by atoms with Crippen molar-refractivity contribution in [2.75, 3.05) is 13.2 Å². The molecule has 100 valence electrons. The predicted molar refractivity (Wildman–Crippen MR) is 70.9 cm³/mol. The second-order valence-electron chi connectivity index (χ2n) is 4.84. The van der Waals surface area contributed by atoms with Crippen LogP contribution in [-0.4, -0.2) is 35.6 Å². The maximum Gasteiger partial charge on any atom is 0.0776 e. The fourth-order valence-corrected chi connectivity index (χ4v) is 1.33. The average Bonchev–Trinajstić information content (AvgIpc) is 2.23. The van der Waals surface area contributed by atoms with Gasteiger partial charge in [0.25, 0.3) is 0 Å². The van der Waals surface area contributed by atoms with Crippen molar-refractivity contribution in [1.82, 2.24) is 0 Å². The van der Waals surface area contributed by atoms with Crippen molar-refractivity contribution in [3.05, 3.63) is 24.3 Å². The van der Waals surface area contributed by atoms with Crippen LogP contribution in [0.25, 0.3) is 0 Å². The number of allylic oxidation sites excluding steroid dienone is 2. The molecule has 0 aromatic carbocycles. The van der Waals surface area contributed by atoms with Crippen LogP contribution in [0.4, 0.5) is 0 Å². The highest BCUT2D eigenvalue weighted by Crippen LogP contribution is 2.07. The summed E-state index contributed by atoms with van der Waals surface area (Å²) in [6.45, 7) is 12.0. The monoisotopic (exact) mass is 242 g/mol. The molecule has 17 heavy (non-hydrogen) atoms. The van der Waals surface area contributed by atoms with Gasteiger partial charge >= 0.3 is 0 Å². The van der Waals surface area contributed by atoms with Gasteiger partial charge in [-0.05, 0) is 39.5 Å². The van der Waals surface area contributed by atoms with E-state index in [1.54, 1.807) is 0 Å². The lowest BCUT2D eigenvalue weighted by molar-refractivity contribution is -0.0114. The minimum atomic E-state index is -0.472. The lowest BCUT2D eigenvalue weighted by Gasteiger charge is -2.14. The van der Waals surface area contributed by atoms with Crippen molar-refractivity contribution in [1.29, 1.82) is 0 Å². The molecule has 0 heterocycles. The van der Waals surface area contributed by atoms with Gasteiger partial charge in [-0.1, -0.05) is 11.1 Å². The van der Waals surface area contributed by atoms with Gasteiger partial charge in [0.2, 0.25) is 0 Å². The Kier molecular flexibility index (Phi) is 9.04. The molecule has 0 radical (unpaired) electrons. The minimum Gasteiger partial charge on any atom is -0.391 e. The molecule has 0 aromatic rings. The molecule has 0 aromatic heterocycles. The molecule has 0 amide bonds. The summed E-state index contributed by atoms with van der Waals surface area (Å²) >= 11 is 0. The molecule has 2 unspecified atom stereocenters. The summed E-state index contributed by atoms with van der Waals surface area (Å²) in [5.74, 6) is 0. The van der Waals surface area contributed by atoms with E-state index in [0.29, 0.717) is 12.8 Å². The molecule has 0 aliphatic carbocycles. The zero-order chi connectivity index (χ0) is 13.3. The van der Waals surface area contributed by atoms with Crippen molar-refractivity contribution < 1.29 is 14.9 Å². The van der Waals surface area contributed by atoms with Crippen LogP contribution in [0.1, 0.15) is 39.5 Å². The van der Waals surface area contributed by atoms with E-state index in [-0.39, 0.29) is 13.2 Å². The number of hydrogen-bond donors (Lipinski definition) is 2. The van der Waals surface area contributed by atoms with E-state index >= 15 is 0 Å². The van der Waals surface area contributed by atoms with Gasteiger partial charge in [-0.15, -0.1) is 13.2 Å². The fraction of sp³-hybridized carbons (Fsp3) is 0.714. The summed E-state index contributed by atoms with van der Waals surface area (Å²) in [6, 6.07) is 0. The maximum absolute atomic E-state index is 9.57. The Balaban J connectivity index is 3.48. The SMILES string of the molecule is C=C(C)CCC(O)COCC(O)CCC(=C)C. The van der Waals surface area contributed by atoms with Gasteiger partial charge < -0.3 is 14.9 Å². The Morgan fingerprint density at radius 2 is 1.29 bits per heavy atom. The number of rotatable bonds is 10. The molecule has 2 N–H and O–H groups in total. The summed E-state index contributed by atoms with van der Waals surface area (Å²) < 4.78 is 5.26. The van der Waals surface area contributed by atoms with Crippen LogP contribution in [0, 0.1) is 0 Å². The molecular weight excluding hydrogens is 216 g/mol. The van der Waals surface area contributed by atoms with Gasteiger partial charge in [0, 0.05) is 0 Å². The van der Waals surface area contributed by atoms with Crippen molar-refractivity contribution in [3.8, 4) is 0 Å². The van der Waals surface area contributed by atoms with Crippen LogP contribution in [0.3, 0.4) is 0 Å². The largest absolute Gasteiger partial charge is 0.391 e. The Morgan fingerprint density at radius 3 is 1.59 bits per heavy atom. The van der Waals surface area contributed by atoms with Crippen LogP contribution in [0.15, 0.2) is 24.3 Å². The van der Waals surface area contributed by atoms with Crippen LogP contribution in [-0.2, 0) is 4.74 Å². The Labute approximate surface area is 105 Å².